The molecule has 3 aromatic rings. The SMILES string of the molecule is CN(c1ncnc2[nH]ccc12)[C@H]1CC[C@H](CS(=O)(=O)Nc2ccc(CC#N)cc2)CC1. The maximum absolute atomic E-state index is 12.6. The summed E-state index contributed by atoms with van der Waals surface area (Å²) in [5.74, 6) is 1.17. The van der Waals surface area contributed by atoms with Gasteiger partial charge >= 0.3 is 0 Å². The maximum atomic E-state index is 12.6. The average molecular weight is 439 g/mol. The van der Waals surface area contributed by atoms with Crippen molar-refractivity contribution in [3.05, 3.63) is 48.4 Å². The molecule has 2 heterocycles. The number of benzene rings is 1. The zero-order valence-corrected chi connectivity index (χ0v) is 18.3. The van der Waals surface area contributed by atoms with Gasteiger partial charge in [0, 0.05) is 25.0 Å². The molecule has 0 bridgehead atoms. The lowest BCUT2D eigenvalue weighted by Crippen LogP contribution is -2.37. The van der Waals surface area contributed by atoms with Crippen LogP contribution in [0.5, 0.6) is 0 Å². The maximum Gasteiger partial charge on any atom is 0.232 e. The molecule has 8 nitrogen and oxygen atoms in total. The van der Waals surface area contributed by atoms with Gasteiger partial charge in [-0.1, -0.05) is 12.1 Å². The van der Waals surface area contributed by atoms with Crippen LogP contribution in [0, 0.1) is 17.2 Å². The predicted octanol–water partition coefficient (Wildman–Crippen LogP) is 3.46. The van der Waals surface area contributed by atoms with Gasteiger partial charge in [0.15, 0.2) is 0 Å². The molecule has 1 aliphatic rings. The van der Waals surface area contributed by atoms with Crippen LogP contribution in [0.1, 0.15) is 31.2 Å². The molecule has 2 N–H and O–H groups in total. The summed E-state index contributed by atoms with van der Waals surface area (Å²) in [6, 6.07) is 11.4. The van der Waals surface area contributed by atoms with E-state index >= 15 is 0 Å². The van der Waals surface area contributed by atoms with Gasteiger partial charge in [-0.2, -0.15) is 5.26 Å². The summed E-state index contributed by atoms with van der Waals surface area (Å²) < 4.78 is 27.9. The number of fused-ring (bicyclic) bond motifs is 1. The van der Waals surface area contributed by atoms with Gasteiger partial charge in [-0.3, -0.25) is 4.72 Å². The minimum Gasteiger partial charge on any atom is -0.356 e. The molecule has 2 aromatic heterocycles. The van der Waals surface area contributed by atoms with Gasteiger partial charge in [0.1, 0.15) is 17.8 Å². The van der Waals surface area contributed by atoms with Gasteiger partial charge in [0.2, 0.25) is 10.0 Å². The molecule has 4 rings (SSSR count). The third-order valence-corrected chi connectivity index (χ3v) is 7.45. The molecule has 0 amide bonds. The molecule has 0 radical (unpaired) electrons. The van der Waals surface area contributed by atoms with Crippen LogP contribution in [-0.4, -0.2) is 42.2 Å². The third-order valence-electron chi connectivity index (χ3n) is 6.00. The van der Waals surface area contributed by atoms with E-state index < -0.39 is 10.0 Å². The van der Waals surface area contributed by atoms with E-state index in [1.54, 1.807) is 30.6 Å². The summed E-state index contributed by atoms with van der Waals surface area (Å²) in [6.45, 7) is 0. The molecular weight excluding hydrogens is 412 g/mol. The van der Waals surface area contributed by atoms with Gasteiger partial charge in [-0.15, -0.1) is 0 Å². The topological polar surface area (TPSA) is 115 Å². The Morgan fingerprint density at radius 2 is 1.90 bits per heavy atom. The first-order chi connectivity index (χ1) is 14.9. The fourth-order valence-electron chi connectivity index (χ4n) is 4.32. The van der Waals surface area contributed by atoms with Crippen LogP contribution in [0.25, 0.3) is 11.0 Å². The lowest BCUT2D eigenvalue weighted by Gasteiger charge is -2.35. The van der Waals surface area contributed by atoms with Gasteiger partial charge in [-0.25, -0.2) is 18.4 Å². The van der Waals surface area contributed by atoms with E-state index in [2.05, 4.69) is 30.6 Å². The Kier molecular flexibility index (Phi) is 6.09. The number of nitrogens with zero attached hydrogens (tertiary/aromatic N) is 4. The van der Waals surface area contributed by atoms with Crippen molar-refractivity contribution in [3.63, 3.8) is 0 Å². The van der Waals surface area contributed by atoms with Gasteiger partial charge in [-0.05, 0) is 55.4 Å². The Bertz CT molecular complexity index is 1170. The van der Waals surface area contributed by atoms with E-state index in [4.69, 9.17) is 5.26 Å². The largest absolute Gasteiger partial charge is 0.356 e. The fraction of sp³-hybridized carbons (Fsp3) is 0.409. The monoisotopic (exact) mass is 438 g/mol. The fourth-order valence-corrected chi connectivity index (χ4v) is 5.86. The summed E-state index contributed by atoms with van der Waals surface area (Å²) in [4.78, 5) is 14.0. The van der Waals surface area contributed by atoms with E-state index in [-0.39, 0.29) is 11.7 Å². The average Bonchev–Trinajstić information content (AvgIpc) is 3.24. The number of rotatable bonds is 7. The molecule has 9 heteroatoms. The smallest absolute Gasteiger partial charge is 0.232 e. The molecule has 162 valence electrons. The highest BCUT2D eigenvalue weighted by molar-refractivity contribution is 7.92. The number of aromatic amines is 1. The van der Waals surface area contributed by atoms with Crippen LogP contribution in [0.15, 0.2) is 42.9 Å². The van der Waals surface area contributed by atoms with Crippen molar-refractivity contribution in [1.29, 1.82) is 5.26 Å². The molecule has 0 unspecified atom stereocenters. The molecule has 0 spiro atoms. The van der Waals surface area contributed by atoms with E-state index in [0.29, 0.717) is 18.2 Å². The second-order valence-corrected chi connectivity index (χ2v) is 9.90. The second kappa shape index (κ2) is 8.94. The van der Waals surface area contributed by atoms with Crippen molar-refractivity contribution in [2.75, 3.05) is 22.4 Å². The number of nitriles is 1. The van der Waals surface area contributed by atoms with Crippen molar-refractivity contribution in [2.24, 2.45) is 5.92 Å². The minimum absolute atomic E-state index is 0.124. The Morgan fingerprint density at radius 1 is 1.16 bits per heavy atom. The lowest BCUT2D eigenvalue weighted by molar-refractivity contribution is 0.341. The number of nitrogens with one attached hydrogen (secondary N) is 2. The molecule has 1 aromatic carbocycles. The van der Waals surface area contributed by atoms with E-state index in [0.717, 1.165) is 48.1 Å². The molecular formula is C22H26N6O2S. The van der Waals surface area contributed by atoms with Crippen molar-refractivity contribution >= 4 is 32.6 Å². The Hall–Kier alpha value is -3.12. The first-order valence-corrected chi connectivity index (χ1v) is 12.1. The summed E-state index contributed by atoms with van der Waals surface area (Å²) in [6.07, 6.45) is 7.32. The van der Waals surface area contributed by atoms with Crippen LogP contribution in [0.4, 0.5) is 11.5 Å². The number of hydrogen-bond acceptors (Lipinski definition) is 6. The minimum atomic E-state index is -3.42. The zero-order chi connectivity index (χ0) is 21.8. The van der Waals surface area contributed by atoms with Crippen LogP contribution in [0.3, 0.4) is 0 Å². The standard InChI is InChI=1S/C22H26N6O2S/c1-28(22-20-11-13-24-21(20)25-15-26-22)19-8-4-17(5-9-19)14-31(29,30)27-18-6-2-16(3-7-18)10-12-23/h2-3,6-7,11,13,15,17,19,27H,4-5,8-10,14H2,1H3,(H,24,25,26)/t17-,19-. The Labute approximate surface area is 182 Å². The van der Waals surface area contributed by atoms with Gasteiger partial charge in [0.25, 0.3) is 0 Å². The van der Waals surface area contributed by atoms with Crippen molar-refractivity contribution in [3.8, 4) is 6.07 Å². The summed E-state index contributed by atoms with van der Waals surface area (Å²) in [5.41, 5.74) is 2.23. The normalized spacial score (nSPS) is 19.1. The molecule has 0 saturated heterocycles. The Balaban J connectivity index is 1.33. The van der Waals surface area contributed by atoms with Crippen molar-refractivity contribution < 1.29 is 8.42 Å². The molecule has 1 fully saturated rings. The number of hydrogen-bond donors (Lipinski definition) is 2. The summed E-state index contributed by atoms with van der Waals surface area (Å²) >= 11 is 0. The van der Waals surface area contributed by atoms with E-state index in [1.807, 2.05) is 19.3 Å². The number of sulfonamides is 1. The highest BCUT2D eigenvalue weighted by atomic mass is 32.2. The van der Waals surface area contributed by atoms with Crippen LogP contribution in [0.2, 0.25) is 0 Å². The summed E-state index contributed by atoms with van der Waals surface area (Å²) in [7, 11) is -1.37. The van der Waals surface area contributed by atoms with Crippen LogP contribution in [-0.2, 0) is 16.4 Å². The molecule has 1 saturated carbocycles. The van der Waals surface area contributed by atoms with Crippen molar-refractivity contribution in [2.45, 2.75) is 38.1 Å². The van der Waals surface area contributed by atoms with Gasteiger partial charge < -0.3 is 9.88 Å². The second-order valence-electron chi connectivity index (χ2n) is 8.14. The number of aromatic nitrogens is 3. The third kappa shape index (κ3) is 4.97. The molecule has 1 aliphatic carbocycles. The summed E-state index contributed by atoms with van der Waals surface area (Å²) in [5, 5.41) is 9.74. The lowest BCUT2D eigenvalue weighted by atomic mass is 9.86. The zero-order valence-electron chi connectivity index (χ0n) is 17.5. The quantitative estimate of drug-likeness (QED) is 0.584. The van der Waals surface area contributed by atoms with Crippen LogP contribution < -0.4 is 9.62 Å². The van der Waals surface area contributed by atoms with Gasteiger partial charge in [0.05, 0.1) is 23.6 Å². The van der Waals surface area contributed by atoms with Crippen LogP contribution >= 0.6 is 0 Å². The van der Waals surface area contributed by atoms with E-state index in [1.165, 1.54) is 0 Å². The highest BCUT2D eigenvalue weighted by Gasteiger charge is 2.28. The van der Waals surface area contributed by atoms with Crippen molar-refractivity contribution in [1.82, 2.24) is 15.0 Å². The molecule has 0 atom stereocenters. The number of anilines is 2. The predicted molar refractivity (Wildman–Crippen MR) is 121 cm³/mol. The number of H-pyrrole nitrogens is 1. The first kappa shape index (κ1) is 21.1. The van der Waals surface area contributed by atoms with E-state index in [9.17, 15) is 8.42 Å². The first-order valence-electron chi connectivity index (χ1n) is 10.4. The Morgan fingerprint density at radius 3 is 2.61 bits per heavy atom. The molecule has 0 aliphatic heterocycles. The highest BCUT2D eigenvalue weighted by Crippen LogP contribution is 2.32. The molecule has 31 heavy (non-hydrogen) atoms.